The summed E-state index contributed by atoms with van der Waals surface area (Å²) in [6.45, 7) is 4.01. The van der Waals surface area contributed by atoms with E-state index < -0.39 is 28.3 Å². The number of sulfonamides is 1. The van der Waals surface area contributed by atoms with E-state index >= 15 is 0 Å². The summed E-state index contributed by atoms with van der Waals surface area (Å²) in [6, 6.07) is 16.4. The predicted octanol–water partition coefficient (Wildman–Crippen LogP) is 2.96. The number of hydrogen-bond donors (Lipinski definition) is 3. The van der Waals surface area contributed by atoms with Crippen molar-refractivity contribution in [3.63, 3.8) is 0 Å². The highest BCUT2D eigenvalue weighted by Crippen LogP contribution is 2.19. The van der Waals surface area contributed by atoms with Gasteiger partial charge in [-0.1, -0.05) is 62.4 Å². The van der Waals surface area contributed by atoms with E-state index in [2.05, 4.69) is 5.32 Å². The fourth-order valence-electron chi connectivity index (χ4n) is 3.10. The van der Waals surface area contributed by atoms with E-state index in [9.17, 15) is 23.4 Å². The van der Waals surface area contributed by atoms with Crippen LogP contribution >= 0.6 is 0 Å². The zero-order chi connectivity index (χ0) is 22.1. The number of nitrogens with one attached hydrogen (secondary N) is 1. The fraction of sp³-hybridized carbons (Fsp3) is 0.409. The molecule has 1 amide bonds. The van der Waals surface area contributed by atoms with Crippen molar-refractivity contribution in [3.05, 3.63) is 66.2 Å². The Morgan fingerprint density at radius 1 is 1.03 bits per heavy atom. The maximum Gasteiger partial charge on any atom is 0.404 e. The number of rotatable bonds is 11. The van der Waals surface area contributed by atoms with Crippen LogP contribution in [0.2, 0.25) is 0 Å². The zero-order valence-electron chi connectivity index (χ0n) is 17.3. The summed E-state index contributed by atoms with van der Waals surface area (Å²) in [6.07, 6.45) is -1.62. The molecule has 0 bridgehead atoms. The minimum atomic E-state index is -3.83. The number of carbonyl (C=O) groups is 1. The summed E-state index contributed by atoms with van der Waals surface area (Å²) in [5.74, 6) is 0.271. The number of carboxylic acid groups (broad SMARTS) is 1. The van der Waals surface area contributed by atoms with Crippen molar-refractivity contribution in [2.45, 2.75) is 43.7 Å². The van der Waals surface area contributed by atoms with Crippen molar-refractivity contribution < 1.29 is 23.4 Å². The third-order valence-corrected chi connectivity index (χ3v) is 6.68. The van der Waals surface area contributed by atoms with Crippen LogP contribution in [-0.4, -0.2) is 54.3 Å². The molecule has 0 saturated carbocycles. The first-order valence-corrected chi connectivity index (χ1v) is 11.4. The SMILES string of the molecule is CC(C)CCN(CC(O)C(Cc1ccccc1)NC(=O)O)S(=O)(=O)c1ccccc1. The molecule has 2 atom stereocenters. The second kappa shape index (κ2) is 11.1. The monoisotopic (exact) mass is 434 g/mol. The van der Waals surface area contributed by atoms with Crippen molar-refractivity contribution in [3.8, 4) is 0 Å². The molecule has 0 spiro atoms. The molecule has 0 aliphatic carbocycles. The van der Waals surface area contributed by atoms with Gasteiger partial charge in [-0.05, 0) is 36.5 Å². The average Bonchev–Trinajstić information content (AvgIpc) is 2.71. The molecule has 0 aliphatic heterocycles. The molecule has 0 aliphatic rings. The number of amides is 1. The molecule has 2 rings (SSSR count). The number of aliphatic hydroxyl groups excluding tert-OH is 1. The van der Waals surface area contributed by atoms with Crippen LogP contribution < -0.4 is 5.32 Å². The molecule has 30 heavy (non-hydrogen) atoms. The van der Waals surface area contributed by atoms with Gasteiger partial charge >= 0.3 is 6.09 Å². The molecule has 0 saturated heterocycles. The van der Waals surface area contributed by atoms with Gasteiger partial charge in [0.05, 0.1) is 17.0 Å². The van der Waals surface area contributed by atoms with E-state index in [1.165, 1.54) is 16.4 Å². The van der Waals surface area contributed by atoms with Crippen LogP contribution in [0, 0.1) is 5.92 Å². The molecule has 2 aromatic rings. The Balaban J connectivity index is 2.25. The highest BCUT2D eigenvalue weighted by atomic mass is 32.2. The van der Waals surface area contributed by atoms with Gasteiger partial charge in [-0.25, -0.2) is 13.2 Å². The third-order valence-electron chi connectivity index (χ3n) is 4.80. The first kappa shape index (κ1) is 23.9. The molecule has 3 N–H and O–H groups in total. The molecule has 164 valence electrons. The highest BCUT2D eigenvalue weighted by Gasteiger charge is 2.30. The summed E-state index contributed by atoms with van der Waals surface area (Å²) < 4.78 is 27.6. The molecule has 0 fully saturated rings. The molecule has 0 radical (unpaired) electrons. The lowest BCUT2D eigenvalue weighted by molar-refractivity contribution is 0.0994. The first-order chi connectivity index (χ1) is 14.2. The van der Waals surface area contributed by atoms with E-state index in [4.69, 9.17) is 0 Å². The molecule has 2 unspecified atom stereocenters. The van der Waals surface area contributed by atoms with E-state index in [-0.39, 0.29) is 30.3 Å². The molecular weight excluding hydrogens is 404 g/mol. The van der Waals surface area contributed by atoms with E-state index in [0.717, 1.165) is 5.56 Å². The standard InChI is InChI=1S/C22H30N2O5S/c1-17(2)13-14-24(30(28,29)19-11-7-4-8-12-19)16-21(25)20(23-22(26)27)15-18-9-5-3-6-10-18/h3-12,17,20-21,23,25H,13-16H2,1-2H3,(H,26,27). The molecular formula is C22H30N2O5S. The van der Waals surface area contributed by atoms with E-state index in [1.54, 1.807) is 18.2 Å². The van der Waals surface area contributed by atoms with Crippen molar-refractivity contribution in [2.24, 2.45) is 5.92 Å². The first-order valence-electron chi connectivity index (χ1n) is 9.96. The summed E-state index contributed by atoms with van der Waals surface area (Å²) >= 11 is 0. The minimum absolute atomic E-state index is 0.145. The predicted molar refractivity (Wildman–Crippen MR) is 116 cm³/mol. The van der Waals surface area contributed by atoms with Gasteiger partial charge < -0.3 is 15.5 Å². The van der Waals surface area contributed by atoms with Gasteiger partial charge in [0.2, 0.25) is 10.0 Å². The van der Waals surface area contributed by atoms with Crippen LogP contribution in [0.15, 0.2) is 65.6 Å². The van der Waals surface area contributed by atoms with Crippen molar-refractivity contribution >= 4 is 16.1 Å². The molecule has 8 heteroatoms. The Hall–Kier alpha value is -2.42. The molecule has 7 nitrogen and oxygen atoms in total. The van der Waals surface area contributed by atoms with Crippen molar-refractivity contribution in [1.29, 1.82) is 0 Å². The second-order valence-electron chi connectivity index (χ2n) is 7.67. The zero-order valence-corrected chi connectivity index (χ0v) is 18.1. The average molecular weight is 435 g/mol. The summed E-state index contributed by atoms with van der Waals surface area (Å²) in [5, 5.41) is 22.4. The minimum Gasteiger partial charge on any atom is -0.465 e. The fourth-order valence-corrected chi connectivity index (χ4v) is 4.59. The van der Waals surface area contributed by atoms with Crippen LogP contribution in [0.1, 0.15) is 25.8 Å². The van der Waals surface area contributed by atoms with E-state index in [0.29, 0.717) is 6.42 Å². The quantitative estimate of drug-likeness (QED) is 0.504. The topological polar surface area (TPSA) is 107 Å². The lowest BCUT2D eigenvalue weighted by atomic mass is 10.0. The Labute approximate surface area is 178 Å². The summed E-state index contributed by atoms with van der Waals surface area (Å²) in [4.78, 5) is 11.4. The normalized spacial score (nSPS) is 13.9. The molecule has 0 aromatic heterocycles. The van der Waals surface area contributed by atoms with Gasteiger partial charge in [0, 0.05) is 13.1 Å². The molecule has 2 aromatic carbocycles. The number of hydrogen-bond acceptors (Lipinski definition) is 4. The van der Waals surface area contributed by atoms with Crippen LogP contribution in [0.4, 0.5) is 4.79 Å². The van der Waals surface area contributed by atoms with E-state index in [1.807, 2.05) is 44.2 Å². The van der Waals surface area contributed by atoms with Crippen LogP contribution in [0.5, 0.6) is 0 Å². The Morgan fingerprint density at radius 2 is 1.60 bits per heavy atom. The van der Waals surface area contributed by atoms with Gasteiger partial charge in [0.1, 0.15) is 0 Å². The lowest BCUT2D eigenvalue weighted by Crippen LogP contribution is -2.50. The maximum atomic E-state index is 13.2. The van der Waals surface area contributed by atoms with Gasteiger partial charge in [-0.3, -0.25) is 0 Å². The lowest BCUT2D eigenvalue weighted by Gasteiger charge is -2.29. The van der Waals surface area contributed by atoms with Gasteiger partial charge in [0.15, 0.2) is 0 Å². The van der Waals surface area contributed by atoms with Gasteiger partial charge in [-0.2, -0.15) is 4.31 Å². The Bertz CT molecular complexity index is 888. The number of benzene rings is 2. The van der Waals surface area contributed by atoms with Crippen molar-refractivity contribution in [1.82, 2.24) is 9.62 Å². The van der Waals surface area contributed by atoms with Gasteiger partial charge in [-0.15, -0.1) is 0 Å². The number of aliphatic hydroxyl groups is 1. The maximum absolute atomic E-state index is 13.2. The summed E-state index contributed by atoms with van der Waals surface area (Å²) in [7, 11) is -3.83. The number of nitrogens with zero attached hydrogens (tertiary/aromatic N) is 1. The summed E-state index contributed by atoms with van der Waals surface area (Å²) in [5.41, 5.74) is 0.843. The Morgan fingerprint density at radius 3 is 2.13 bits per heavy atom. The second-order valence-corrected chi connectivity index (χ2v) is 9.61. The Kier molecular flexibility index (Phi) is 8.83. The van der Waals surface area contributed by atoms with Crippen molar-refractivity contribution in [2.75, 3.05) is 13.1 Å². The third kappa shape index (κ3) is 7.12. The van der Waals surface area contributed by atoms with Gasteiger partial charge in [0.25, 0.3) is 0 Å². The molecule has 0 heterocycles. The van der Waals surface area contributed by atoms with Crippen LogP contribution in [0.3, 0.4) is 0 Å². The highest BCUT2D eigenvalue weighted by molar-refractivity contribution is 7.89. The van der Waals surface area contributed by atoms with Crippen LogP contribution in [0.25, 0.3) is 0 Å². The van der Waals surface area contributed by atoms with Crippen LogP contribution in [-0.2, 0) is 16.4 Å². The smallest absolute Gasteiger partial charge is 0.404 e. The largest absolute Gasteiger partial charge is 0.465 e.